The Hall–Kier alpha value is -3.15. The lowest BCUT2D eigenvalue weighted by molar-refractivity contribution is 0.0728. The molecule has 0 aliphatic rings. The summed E-state index contributed by atoms with van der Waals surface area (Å²) in [5.41, 5.74) is 0.274. The van der Waals surface area contributed by atoms with Gasteiger partial charge in [0.2, 0.25) is 0 Å². The van der Waals surface area contributed by atoms with Gasteiger partial charge in [-0.1, -0.05) is 24.3 Å². The molecule has 2 aromatic carbocycles. The standard InChI is InChI=1S/C16H12O6/c1-20-16(19)22-14-9-5-3-7-12(14)15(18)21-13-8-4-2-6-11(13)10-17/h2-10H,1H3. The fourth-order valence-corrected chi connectivity index (χ4v) is 1.68. The molecule has 112 valence electrons. The summed E-state index contributed by atoms with van der Waals surface area (Å²) in [4.78, 5) is 34.3. The minimum absolute atomic E-state index is 0.00272. The normalized spacial score (nSPS) is 9.68. The highest BCUT2D eigenvalue weighted by atomic mass is 16.7. The van der Waals surface area contributed by atoms with E-state index < -0.39 is 12.1 Å². The van der Waals surface area contributed by atoms with Gasteiger partial charge in [0.05, 0.1) is 12.7 Å². The molecule has 0 radical (unpaired) electrons. The first-order chi connectivity index (χ1) is 10.7. The number of carbonyl (C=O) groups is 3. The second-order valence-electron chi connectivity index (χ2n) is 4.10. The van der Waals surface area contributed by atoms with Crippen LogP contribution < -0.4 is 9.47 Å². The lowest BCUT2D eigenvalue weighted by atomic mass is 10.2. The van der Waals surface area contributed by atoms with Crippen molar-refractivity contribution in [2.75, 3.05) is 7.11 Å². The number of hydrogen-bond acceptors (Lipinski definition) is 6. The summed E-state index contributed by atoms with van der Waals surface area (Å²) in [5.74, 6) is -0.632. The Morgan fingerprint density at radius 3 is 2.23 bits per heavy atom. The second kappa shape index (κ2) is 7.03. The number of methoxy groups -OCH3 is 1. The summed E-state index contributed by atoms with van der Waals surface area (Å²) >= 11 is 0. The van der Waals surface area contributed by atoms with Crippen molar-refractivity contribution in [3.63, 3.8) is 0 Å². The molecular formula is C16H12O6. The summed E-state index contributed by atoms with van der Waals surface area (Å²) in [6.45, 7) is 0. The summed E-state index contributed by atoms with van der Waals surface area (Å²) in [6, 6.07) is 12.3. The van der Waals surface area contributed by atoms with Gasteiger partial charge in [-0.2, -0.15) is 0 Å². The average molecular weight is 300 g/mol. The molecule has 0 atom stereocenters. The number of ether oxygens (including phenoxy) is 3. The van der Waals surface area contributed by atoms with Crippen molar-refractivity contribution in [2.45, 2.75) is 0 Å². The monoisotopic (exact) mass is 300 g/mol. The van der Waals surface area contributed by atoms with E-state index >= 15 is 0 Å². The Labute approximate surface area is 126 Å². The summed E-state index contributed by atoms with van der Waals surface area (Å²) in [6.07, 6.45) is -0.368. The number of rotatable bonds is 4. The minimum atomic E-state index is -0.950. The van der Waals surface area contributed by atoms with Gasteiger partial charge in [0, 0.05) is 0 Å². The van der Waals surface area contributed by atoms with Crippen LogP contribution in [0.25, 0.3) is 0 Å². The molecule has 6 heteroatoms. The highest BCUT2D eigenvalue weighted by molar-refractivity contribution is 5.95. The van der Waals surface area contributed by atoms with Crippen molar-refractivity contribution in [3.8, 4) is 11.5 Å². The maximum absolute atomic E-state index is 12.2. The van der Waals surface area contributed by atoms with Crippen LogP contribution in [0.1, 0.15) is 20.7 Å². The van der Waals surface area contributed by atoms with Crippen LogP contribution in [0.2, 0.25) is 0 Å². The Morgan fingerprint density at radius 2 is 1.55 bits per heavy atom. The molecule has 0 N–H and O–H groups in total. The lowest BCUT2D eigenvalue weighted by Gasteiger charge is -2.09. The van der Waals surface area contributed by atoms with Gasteiger partial charge in [0.1, 0.15) is 17.1 Å². The van der Waals surface area contributed by atoms with Crippen molar-refractivity contribution in [2.24, 2.45) is 0 Å². The van der Waals surface area contributed by atoms with Gasteiger partial charge >= 0.3 is 12.1 Å². The molecule has 0 aliphatic carbocycles. The van der Waals surface area contributed by atoms with Crippen molar-refractivity contribution in [1.29, 1.82) is 0 Å². The maximum Gasteiger partial charge on any atom is 0.513 e. The van der Waals surface area contributed by atoms with Crippen molar-refractivity contribution in [1.82, 2.24) is 0 Å². The lowest BCUT2D eigenvalue weighted by Crippen LogP contribution is -2.14. The van der Waals surface area contributed by atoms with Gasteiger partial charge in [0.15, 0.2) is 6.29 Å². The smallest absolute Gasteiger partial charge is 0.437 e. The predicted molar refractivity (Wildman–Crippen MR) is 76.3 cm³/mol. The van der Waals surface area contributed by atoms with E-state index in [1.165, 1.54) is 24.3 Å². The second-order valence-corrected chi connectivity index (χ2v) is 4.10. The topological polar surface area (TPSA) is 78.9 Å². The molecule has 0 saturated carbocycles. The fraction of sp³-hybridized carbons (Fsp3) is 0.0625. The predicted octanol–water partition coefficient (Wildman–Crippen LogP) is 2.86. The molecule has 0 spiro atoms. The molecule has 2 rings (SSSR count). The van der Waals surface area contributed by atoms with E-state index in [9.17, 15) is 14.4 Å². The van der Waals surface area contributed by atoms with Crippen LogP contribution in [-0.4, -0.2) is 25.5 Å². The molecule has 6 nitrogen and oxygen atoms in total. The van der Waals surface area contributed by atoms with Crippen molar-refractivity contribution in [3.05, 3.63) is 59.7 Å². The number of aldehydes is 1. The van der Waals surface area contributed by atoms with Gasteiger partial charge in [-0.3, -0.25) is 4.79 Å². The van der Waals surface area contributed by atoms with E-state index in [2.05, 4.69) is 4.74 Å². The van der Waals surface area contributed by atoms with E-state index in [-0.39, 0.29) is 22.6 Å². The Kier molecular flexibility index (Phi) is 4.87. The fourth-order valence-electron chi connectivity index (χ4n) is 1.68. The molecule has 2 aromatic rings. The van der Waals surface area contributed by atoms with Gasteiger partial charge < -0.3 is 14.2 Å². The van der Waals surface area contributed by atoms with Crippen LogP contribution in [0.5, 0.6) is 11.5 Å². The van der Waals surface area contributed by atoms with Gasteiger partial charge in [-0.15, -0.1) is 0 Å². The molecular weight excluding hydrogens is 288 g/mol. The molecule has 0 aliphatic heterocycles. The molecule has 0 unspecified atom stereocenters. The third kappa shape index (κ3) is 3.49. The Balaban J connectivity index is 2.26. The summed E-state index contributed by atoms with van der Waals surface area (Å²) < 4.78 is 14.4. The molecule has 0 bridgehead atoms. The highest BCUT2D eigenvalue weighted by Gasteiger charge is 2.18. The molecule has 0 heterocycles. The van der Waals surface area contributed by atoms with E-state index in [1.807, 2.05) is 0 Å². The number of carbonyl (C=O) groups excluding carboxylic acids is 3. The van der Waals surface area contributed by atoms with Crippen LogP contribution in [0.3, 0.4) is 0 Å². The van der Waals surface area contributed by atoms with Crippen molar-refractivity contribution >= 4 is 18.4 Å². The molecule has 22 heavy (non-hydrogen) atoms. The van der Waals surface area contributed by atoms with Gasteiger partial charge in [-0.25, -0.2) is 9.59 Å². The van der Waals surface area contributed by atoms with Crippen molar-refractivity contribution < 1.29 is 28.6 Å². The average Bonchev–Trinajstić information content (AvgIpc) is 2.55. The SMILES string of the molecule is COC(=O)Oc1ccccc1C(=O)Oc1ccccc1C=O. The quantitative estimate of drug-likeness (QED) is 0.374. The van der Waals surface area contributed by atoms with E-state index in [4.69, 9.17) is 9.47 Å². The summed E-state index contributed by atoms with van der Waals surface area (Å²) in [5, 5.41) is 0. The van der Waals surface area contributed by atoms with Crippen LogP contribution in [0.15, 0.2) is 48.5 Å². The summed E-state index contributed by atoms with van der Waals surface area (Å²) in [7, 11) is 1.16. The number of para-hydroxylation sites is 2. The molecule has 0 amide bonds. The molecule has 0 saturated heterocycles. The first-order valence-corrected chi connectivity index (χ1v) is 6.27. The largest absolute Gasteiger partial charge is 0.513 e. The van der Waals surface area contributed by atoms with E-state index in [1.54, 1.807) is 24.3 Å². The van der Waals surface area contributed by atoms with Crippen LogP contribution in [-0.2, 0) is 4.74 Å². The van der Waals surface area contributed by atoms with Gasteiger partial charge in [-0.05, 0) is 24.3 Å². The number of hydrogen-bond donors (Lipinski definition) is 0. The van der Waals surface area contributed by atoms with Crippen LogP contribution in [0, 0.1) is 0 Å². The van der Waals surface area contributed by atoms with Crippen LogP contribution >= 0.6 is 0 Å². The van der Waals surface area contributed by atoms with Gasteiger partial charge in [0.25, 0.3) is 0 Å². The third-order valence-electron chi connectivity index (χ3n) is 2.72. The first kappa shape index (κ1) is 15.2. The van der Waals surface area contributed by atoms with E-state index in [0.717, 1.165) is 7.11 Å². The Morgan fingerprint density at radius 1 is 0.909 bits per heavy atom. The minimum Gasteiger partial charge on any atom is -0.437 e. The van der Waals surface area contributed by atoms with E-state index in [0.29, 0.717) is 6.29 Å². The van der Waals surface area contributed by atoms with Crippen LogP contribution in [0.4, 0.5) is 4.79 Å². The number of esters is 1. The Bertz CT molecular complexity index is 707. The maximum atomic E-state index is 12.2. The highest BCUT2D eigenvalue weighted by Crippen LogP contribution is 2.22. The molecule has 0 fully saturated rings. The third-order valence-corrected chi connectivity index (χ3v) is 2.72. The zero-order valence-electron chi connectivity index (χ0n) is 11.6. The molecule has 0 aromatic heterocycles. The zero-order valence-corrected chi connectivity index (χ0v) is 11.6. The first-order valence-electron chi connectivity index (χ1n) is 6.27. The zero-order chi connectivity index (χ0) is 15.9. The number of benzene rings is 2.